The number of hydrogen-bond donors (Lipinski definition) is 1. The second kappa shape index (κ2) is 7.84. The molecule has 1 aromatic rings. The molecule has 0 spiro atoms. The third-order valence-corrected chi connectivity index (χ3v) is 4.55. The van der Waals surface area contributed by atoms with Crippen LogP contribution in [0.3, 0.4) is 0 Å². The average molecular weight is 288 g/mol. The van der Waals surface area contributed by atoms with Crippen LogP contribution in [0.15, 0.2) is 18.2 Å². The standard InChI is InChI=1S/C19H32N2/c1-5-18(6-2)21(13-15(3)4)14-16-9-10-19-17(12-16)8-7-11-20-19/h9-10,12,15,18,20H,5-8,11,13-14H2,1-4H3. The van der Waals surface area contributed by atoms with Crippen molar-refractivity contribution in [1.82, 2.24) is 4.90 Å². The van der Waals surface area contributed by atoms with Crippen molar-refractivity contribution < 1.29 is 0 Å². The second-order valence-corrected chi connectivity index (χ2v) is 6.82. The largest absolute Gasteiger partial charge is 0.385 e. The summed E-state index contributed by atoms with van der Waals surface area (Å²) < 4.78 is 0. The van der Waals surface area contributed by atoms with E-state index in [1.165, 1.54) is 49.0 Å². The van der Waals surface area contributed by atoms with E-state index in [4.69, 9.17) is 0 Å². The lowest BCUT2D eigenvalue weighted by Crippen LogP contribution is -2.36. The Bertz CT molecular complexity index is 435. The molecule has 2 rings (SSSR count). The van der Waals surface area contributed by atoms with Gasteiger partial charge >= 0.3 is 0 Å². The summed E-state index contributed by atoms with van der Waals surface area (Å²) in [6.45, 7) is 12.7. The van der Waals surface area contributed by atoms with Crippen molar-refractivity contribution in [2.24, 2.45) is 5.92 Å². The number of fused-ring (bicyclic) bond motifs is 1. The third kappa shape index (κ3) is 4.47. The fourth-order valence-electron chi connectivity index (χ4n) is 3.48. The van der Waals surface area contributed by atoms with Crippen molar-refractivity contribution in [3.8, 4) is 0 Å². The Labute approximate surface area is 130 Å². The van der Waals surface area contributed by atoms with E-state index in [9.17, 15) is 0 Å². The third-order valence-electron chi connectivity index (χ3n) is 4.55. The number of rotatable bonds is 7. The molecule has 1 aliphatic heterocycles. The van der Waals surface area contributed by atoms with E-state index in [1.807, 2.05) is 0 Å². The highest BCUT2D eigenvalue weighted by atomic mass is 15.2. The van der Waals surface area contributed by atoms with Crippen molar-refractivity contribution in [2.75, 3.05) is 18.4 Å². The zero-order valence-electron chi connectivity index (χ0n) is 14.3. The van der Waals surface area contributed by atoms with E-state index in [0.29, 0.717) is 6.04 Å². The van der Waals surface area contributed by atoms with Crippen molar-refractivity contribution in [3.05, 3.63) is 29.3 Å². The highest BCUT2D eigenvalue weighted by Crippen LogP contribution is 2.24. The molecule has 0 aromatic heterocycles. The average Bonchev–Trinajstić information content (AvgIpc) is 2.47. The molecule has 0 atom stereocenters. The fourth-order valence-corrected chi connectivity index (χ4v) is 3.48. The molecule has 0 fully saturated rings. The highest BCUT2D eigenvalue weighted by Gasteiger charge is 2.17. The van der Waals surface area contributed by atoms with Gasteiger partial charge in [0.05, 0.1) is 0 Å². The van der Waals surface area contributed by atoms with Crippen LogP contribution < -0.4 is 5.32 Å². The van der Waals surface area contributed by atoms with E-state index < -0.39 is 0 Å². The Morgan fingerprint density at radius 3 is 2.62 bits per heavy atom. The highest BCUT2D eigenvalue weighted by molar-refractivity contribution is 5.54. The van der Waals surface area contributed by atoms with Gasteiger partial charge in [-0.05, 0) is 48.8 Å². The quantitative estimate of drug-likeness (QED) is 0.783. The van der Waals surface area contributed by atoms with E-state index in [0.717, 1.165) is 19.0 Å². The minimum atomic E-state index is 0.710. The van der Waals surface area contributed by atoms with Gasteiger partial charge in [-0.15, -0.1) is 0 Å². The van der Waals surface area contributed by atoms with Crippen molar-refractivity contribution in [3.63, 3.8) is 0 Å². The minimum Gasteiger partial charge on any atom is -0.385 e. The molecule has 0 saturated heterocycles. The molecule has 0 bridgehead atoms. The van der Waals surface area contributed by atoms with Gasteiger partial charge in [0.15, 0.2) is 0 Å². The van der Waals surface area contributed by atoms with Gasteiger partial charge < -0.3 is 5.32 Å². The first-order valence-electron chi connectivity index (χ1n) is 8.73. The zero-order valence-corrected chi connectivity index (χ0v) is 14.3. The lowest BCUT2D eigenvalue weighted by Gasteiger charge is -2.32. The van der Waals surface area contributed by atoms with Crippen LogP contribution in [0.4, 0.5) is 5.69 Å². The van der Waals surface area contributed by atoms with Gasteiger partial charge in [0.25, 0.3) is 0 Å². The molecule has 1 N–H and O–H groups in total. The number of nitrogens with zero attached hydrogens (tertiary/aromatic N) is 1. The summed E-state index contributed by atoms with van der Waals surface area (Å²) in [6.07, 6.45) is 4.98. The zero-order chi connectivity index (χ0) is 15.2. The molecule has 0 saturated carbocycles. The van der Waals surface area contributed by atoms with Crippen LogP contribution in [0.25, 0.3) is 0 Å². The maximum absolute atomic E-state index is 3.51. The Balaban J connectivity index is 2.11. The summed E-state index contributed by atoms with van der Waals surface area (Å²) in [4.78, 5) is 2.68. The Morgan fingerprint density at radius 2 is 1.95 bits per heavy atom. The van der Waals surface area contributed by atoms with Gasteiger partial charge in [-0.3, -0.25) is 4.90 Å². The van der Waals surface area contributed by atoms with E-state index in [1.54, 1.807) is 0 Å². The van der Waals surface area contributed by atoms with Crippen LogP contribution in [-0.4, -0.2) is 24.0 Å². The molecule has 2 heteroatoms. The molecule has 21 heavy (non-hydrogen) atoms. The molecule has 118 valence electrons. The number of anilines is 1. The first kappa shape index (κ1) is 16.4. The van der Waals surface area contributed by atoms with Crippen LogP contribution in [-0.2, 0) is 13.0 Å². The summed E-state index contributed by atoms with van der Waals surface area (Å²) in [5.41, 5.74) is 4.33. The predicted molar refractivity (Wildman–Crippen MR) is 92.9 cm³/mol. The topological polar surface area (TPSA) is 15.3 Å². The maximum atomic E-state index is 3.51. The first-order chi connectivity index (χ1) is 10.1. The molecular weight excluding hydrogens is 256 g/mol. The molecule has 0 radical (unpaired) electrons. The van der Waals surface area contributed by atoms with E-state index >= 15 is 0 Å². The van der Waals surface area contributed by atoms with Crippen molar-refractivity contribution in [1.29, 1.82) is 0 Å². The van der Waals surface area contributed by atoms with E-state index in [-0.39, 0.29) is 0 Å². The van der Waals surface area contributed by atoms with E-state index in [2.05, 4.69) is 56.1 Å². The Hall–Kier alpha value is -1.02. The number of benzene rings is 1. The normalized spacial score (nSPS) is 14.6. The maximum Gasteiger partial charge on any atom is 0.0372 e. The molecule has 1 aromatic carbocycles. The smallest absolute Gasteiger partial charge is 0.0372 e. The molecule has 2 nitrogen and oxygen atoms in total. The molecule has 1 heterocycles. The van der Waals surface area contributed by atoms with Crippen LogP contribution in [0.5, 0.6) is 0 Å². The van der Waals surface area contributed by atoms with Gasteiger partial charge in [0.2, 0.25) is 0 Å². The molecule has 1 aliphatic rings. The van der Waals surface area contributed by atoms with Crippen LogP contribution in [0.2, 0.25) is 0 Å². The summed E-state index contributed by atoms with van der Waals surface area (Å²) in [6, 6.07) is 7.73. The van der Waals surface area contributed by atoms with Crippen LogP contribution in [0.1, 0.15) is 58.1 Å². The molecule has 0 amide bonds. The van der Waals surface area contributed by atoms with Crippen molar-refractivity contribution >= 4 is 5.69 Å². The summed E-state index contributed by atoms with van der Waals surface area (Å²) in [5.74, 6) is 0.727. The predicted octanol–water partition coefficient (Wildman–Crippen LogP) is 4.69. The summed E-state index contributed by atoms with van der Waals surface area (Å²) >= 11 is 0. The SMILES string of the molecule is CCC(CC)N(Cc1ccc2c(c1)CCCN2)CC(C)C. The van der Waals surface area contributed by atoms with Gasteiger partial charge in [0, 0.05) is 31.4 Å². The van der Waals surface area contributed by atoms with Crippen molar-refractivity contribution in [2.45, 2.75) is 66.0 Å². The van der Waals surface area contributed by atoms with Gasteiger partial charge in [-0.1, -0.05) is 39.8 Å². The van der Waals surface area contributed by atoms with Gasteiger partial charge in [-0.2, -0.15) is 0 Å². The molecular formula is C19H32N2. The second-order valence-electron chi connectivity index (χ2n) is 6.82. The lowest BCUT2D eigenvalue weighted by molar-refractivity contribution is 0.157. The van der Waals surface area contributed by atoms with Gasteiger partial charge in [-0.25, -0.2) is 0 Å². The number of aryl methyl sites for hydroxylation is 1. The monoisotopic (exact) mass is 288 g/mol. The number of nitrogens with one attached hydrogen (secondary N) is 1. The fraction of sp³-hybridized carbons (Fsp3) is 0.684. The summed E-state index contributed by atoms with van der Waals surface area (Å²) in [5, 5.41) is 3.51. The first-order valence-corrected chi connectivity index (χ1v) is 8.73. The Kier molecular flexibility index (Phi) is 6.10. The lowest BCUT2D eigenvalue weighted by atomic mass is 9.99. The molecule has 0 unspecified atom stereocenters. The molecule has 0 aliphatic carbocycles. The Morgan fingerprint density at radius 1 is 1.19 bits per heavy atom. The summed E-state index contributed by atoms with van der Waals surface area (Å²) in [7, 11) is 0. The van der Waals surface area contributed by atoms with Crippen LogP contribution in [0, 0.1) is 5.92 Å². The minimum absolute atomic E-state index is 0.710. The van der Waals surface area contributed by atoms with Gasteiger partial charge in [0.1, 0.15) is 0 Å². The number of hydrogen-bond acceptors (Lipinski definition) is 2. The van der Waals surface area contributed by atoms with Crippen LogP contribution >= 0.6 is 0 Å².